The maximum absolute atomic E-state index is 14.0. The van der Waals surface area contributed by atoms with Gasteiger partial charge in [-0.2, -0.15) is 13.2 Å². The van der Waals surface area contributed by atoms with Gasteiger partial charge in [0, 0.05) is 9.64 Å². The number of carbonyl (C=O) groups excluding carboxylic acids is 1. The van der Waals surface area contributed by atoms with E-state index in [1.54, 1.807) is 19.1 Å². The molecule has 0 N–H and O–H groups in total. The van der Waals surface area contributed by atoms with Crippen LogP contribution in [-0.4, -0.2) is 27.3 Å². The first-order valence-corrected chi connectivity index (χ1v) is 12.7. The van der Waals surface area contributed by atoms with Crippen LogP contribution in [0.1, 0.15) is 28.6 Å². The second-order valence-corrected chi connectivity index (χ2v) is 9.50. The second-order valence-electron chi connectivity index (χ2n) is 8.26. The first-order chi connectivity index (χ1) is 19.0. The number of benzene rings is 3. The zero-order valence-corrected chi connectivity index (χ0v) is 23.8. The van der Waals surface area contributed by atoms with Gasteiger partial charge in [0.1, 0.15) is 17.1 Å². The molecule has 0 atom stereocenters. The van der Waals surface area contributed by atoms with Gasteiger partial charge in [-0.05, 0) is 77.0 Å². The lowest BCUT2D eigenvalue weighted by molar-refractivity contribution is -0.154. The molecule has 8 nitrogen and oxygen atoms in total. The van der Waals surface area contributed by atoms with E-state index in [1.807, 2.05) is 22.6 Å². The summed E-state index contributed by atoms with van der Waals surface area (Å²) < 4.78 is 74.6. The Morgan fingerprint density at radius 1 is 0.900 bits per heavy atom. The molecule has 0 saturated heterocycles. The molecule has 0 radical (unpaired) electrons. The van der Waals surface area contributed by atoms with Crippen molar-refractivity contribution in [2.45, 2.75) is 19.5 Å². The van der Waals surface area contributed by atoms with Gasteiger partial charge in [0.05, 0.1) is 32.3 Å². The lowest BCUT2D eigenvalue weighted by Gasteiger charge is -2.16. The summed E-state index contributed by atoms with van der Waals surface area (Å²) >= 11 is 2.03. The molecule has 0 unspecified atom stereocenters. The van der Waals surface area contributed by atoms with Crippen LogP contribution in [0.2, 0.25) is 0 Å². The van der Waals surface area contributed by atoms with Crippen LogP contribution in [-0.2, 0) is 12.6 Å². The molecule has 0 aliphatic rings. The summed E-state index contributed by atoms with van der Waals surface area (Å²) in [5.74, 6) is -2.87. The van der Waals surface area contributed by atoms with Crippen LogP contribution in [0.5, 0.6) is 34.5 Å². The van der Waals surface area contributed by atoms with Crippen LogP contribution in [0.4, 0.5) is 13.2 Å². The minimum atomic E-state index is -5.05. The summed E-state index contributed by atoms with van der Waals surface area (Å²) in [5.41, 5.74) is -1.06. The number of aryl methyl sites for hydroxylation is 1. The van der Waals surface area contributed by atoms with Crippen LogP contribution in [0.3, 0.4) is 0 Å². The number of rotatable bonds is 8. The summed E-state index contributed by atoms with van der Waals surface area (Å²) in [6.45, 7) is 1.73. The van der Waals surface area contributed by atoms with E-state index in [2.05, 4.69) is 0 Å². The van der Waals surface area contributed by atoms with Crippen molar-refractivity contribution in [1.29, 1.82) is 0 Å². The fraction of sp³-hybridized carbons (Fsp3) is 0.214. The molecule has 0 aliphatic heterocycles. The maximum atomic E-state index is 14.0. The summed E-state index contributed by atoms with van der Waals surface area (Å²) in [6.07, 6.45) is -4.77. The van der Waals surface area contributed by atoms with Crippen molar-refractivity contribution in [1.82, 2.24) is 0 Å². The molecule has 0 bridgehead atoms. The maximum Gasteiger partial charge on any atom is 0.453 e. The highest BCUT2D eigenvalue weighted by molar-refractivity contribution is 14.1. The lowest BCUT2D eigenvalue weighted by Crippen LogP contribution is -2.16. The Labute approximate surface area is 239 Å². The third kappa shape index (κ3) is 5.81. The zero-order valence-electron chi connectivity index (χ0n) is 21.6. The SMILES string of the molecule is CCc1cc2c(=O)c(Oc3ccc(I)cc3)c(C(F)(F)F)oc2cc1OC(=O)c1cc(OC)c(OC)c(OC)c1. The van der Waals surface area contributed by atoms with E-state index in [0.29, 0.717) is 5.56 Å². The Balaban J connectivity index is 1.81. The number of carbonyl (C=O) groups is 1. The van der Waals surface area contributed by atoms with Crippen molar-refractivity contribution in [3.8, 4) is 34.5 Å². The molecule has 0 amide bonds. The molecule has 4 rings (SSSR count). The first-order valence-electron chi connectivity index (χ1n) is 11.7. The molecule has 4 aromatic rings. The Hall–Kier alpha value is -3.94. The largest absolute Gasteiger partial charge is 0.493 e. The smallest absolute Gasteiger partial charge is 0.453 e. The normalized spacial score (nSPS) is 11.3. The second kappa shape index (κ2) is 11.7. The van der Waals surface area contributed by atoms with E-state index in [-0.39, 0.29) is 46.1 Å². The predicted molar refractivity (Wildman–Crippen MR) is 147 cm³/mol. The van der Waals surface area contributed by atoms with Gasteiger partial charge >= 0.3 is 12.1 Å². The highest BCUT2D eigenvalue weighted by Gasteiger charge is 2.40. The molecule has 1 aromatic heterocycles. The number of hydrogen-bond acceptors (Lipinski definition) is 8. The minimum Gasteiger partial charge on any atom is -0.493 e. The van der Waals surface area contributed by atoms with Crippen molar-refractivity contribution >= 4 is 39.5 Å². The summed E-state index contributed by atoms with van der Waals surface area (Å²) in [6, 6.07) is 11.3. The Morgan fingerprint density at radius 3 is 2.05 bits per heavy atom. The van der Waals surface area contributed by atoms with Crippen LogP contribution in [0, 0.1) is 3.57 Å². The van der Waals surface area contributed by atoms with E-state index >= 15 is 0 Å². The molecule has 12 heteroatoms. The highest BCUT2D eigenvalue weighted by atomic mass is 127. The van der Waals surface area contributed by atoms with Crippen molar-refractivity contribution in [3.63, 3.8) is 0 Å². The average Bonchev–Trinajstić information content (AvgIpc) is 2.93. The number of esters is 1. The predicted octanol–water partition coefficient (Wildman–Crippen LogP) is 7.02. The standard InChI is InChI=1S/C28H22F3IO8/c1-5-14-10-18-20(13-19(14)40-27(34)15-11-21(35-2)24(37-4)22(12-15)36-3)39-26(28(29,30)31)25(23(18)33)38-17-8-6-16(32)7-9-17/h6-13H,5H2,1-4H3. The summed E-state index contributed by atoms with van der Waals surface area (Å²) in [7, 11) is 4.16. The monoisotopic (exact) mass is 670 g/mol. The molecule has 40 heavy (non-hydrogen) atoms. The van der Waals surface area contributed by atoms with E-state index in [9.17, 15) is 22.8 Å². The molecule has 1 heterocycles. The van der Waals surface area contributed by atoms with Crippen molar-refractivity contribution in [2.24, 2.45) is 0 Å². The van der Waals surface area contributed by atoms with Gasteiger partial charge in [-0.15, -0.1) is 0 Å². The van der Waals surface area contributed by atoms with Gasteiger partial charge in [-0.1, -0.05) is 6.92 Å². The molecule has 3 aromatic carbocycles. The zero-order chi connectivity index (χ0) is 29.2. The summed E-state index contributed by atoms with van der Waals surface area (Å²) in [5, 5.41) is -0.169. The first kappa shape index (κ1) is 29.1. The number of hydrogen-bond donors (Lipinski definition) is 0. The summed E-state index contributed by atoms with van der Waals surface area (Å²) in [4.78, 5) is 26.3. The average molecular weight is 670 g/mol. The van der Waals surface area contributed by atoms with Gasteiger partial charge in [-0.3, -0.25) is 4.79 Å². The van der Waals surface area contributed by atoms with Crippen molar-refractivity contribution < 1.29 is 46.1 Å². The van der Waals surface area contributed by atoms with Crippen molar-refractivity contribution in [3.05, 3.63) is 79.2 Å². The number of alkyl halides is 3. The van der Waals surface area contributed by atoms with E-state index < -0.39 is 34.7 Å². The fourth-order valence-electron chi connectivity index (χ4n) is 3.88. The van der Waals surface area contributed by atoms with Crippen LogP contribution in [0.25, 0.3) is 11.0 Å². The quantitative estimate of drug-likeness (QED) is 0.112. The number of ether oxygens (including phenoxy) is 5. The number of halogens is 4. The van der Waals surface area contributed by atoms with Gasteiger partial charge in [0.15, 0.2) is 11.5 Å². The Morgan fingerprint density at radius 2 is 1.52 bits per heavy atom. The van der Waals surface area contributed by atoms with Crippen LogP contribution >= 0.6 is 22.6 Å². The highest BCUT2D eigenvalue weighted by Crippen LogP contribution is 2.41. The Bertz CT molecular complexity index is 1600. The molecule has 0 fully saturated rings. The Kier molecular flexibility index (Phi) is 8.47. The third-order valence-electron chi connectivity index (χ3n) is 5.81. The molecular weight excluding hydrogens is 648 g/mol. The topological polar surface area (TPSA) is 93.4 Å². The van der Waals surface area contributed by atoms with Gasteiger partial charge in [0.25, 0.3) is 5.76 Å². The van der Waals surface area contributed by atoms with Crippen LogP contribution in [0.15, 0.2) is 57.7 Å². The third-order valence-corrected chi connectivity index (χ3v) is 6.53. The molecular formula is C28H22F3IO8. The van der Waals surface area contributed by atoms with Crippen LogP contribution < -0.4 is 29.1 Å². The van der Waals surface area contributed by atoms with E-state index in [1.165, 1.54) is 51.7 Å². The van der Waals surface area contributed by atoms with Gasteiger partial charge in [0.2, 0.25) is 16.9 Å². The minimum absolute atomic E-state index is 0.0235. The number of methoxy groups -OCH3 is 3. The molecule has 0 saturated carbocycles. The fourth-order valence-corrected chi connectivity index (χ4v) is 4.24. The van der Waals surface area contributed by atoms with Crippen molar-refractivity contribution in [2.75, 3.05) is 21.3 Å². The van der Waals surface area contributed by atoms with Gasteiger partial charge < -0.3 is 28.1 Å². The molecule has 210 valence electrons. The molecule has 0 spiro atoms. The lowest BCUT2D eigenvalue weighted by atomic mass is 10.1. The van der Waals surface area contributed by atoms with Gasteiger partial charge in [-0.25, -0.2) is 4.79 Å². The van der Waals surface area contributed by atoms with E-state index in [0.717, 1.165) is 9.64 Å². The molecule has 0 aliphatic carbocycles. The number of fused-ring (bicyclic) bond motifs is 1. The van der Waals surface area contributed by atoms with E-state index in [4.69, 9.17) is 28.1 Å².